The predicted octanol–water partition coefficient (Wildman–Crippen LogP) is 4.62. The number of rotatable bonds is 8. The number of nitrogens with one attached hydrogen (secondary N) is 4. The molecule has 12 heteroatoms. The van der Waals surface area contributed by atoms with Gasteiger partial charge in [-0.3, -0.25) is 14.6 Å². The molecule has 4 heterocycles. The molecule has 4 aromatic rings. The number of ether oxygens (including phenoxy) is 2. The van der Waals surface area contributed by atoms with Crippen molar-refractivity contribution in [1.29, 1.82) is 5.26 Å². The molecule has 12 nitrogen and oxygen atoms in total. The molecule has 1 atom stereocenters. The number of phenolic OH excluding ortho intramolecular Hbond substituents is 1. The van der Waals surface area contributed by atoms with E-state index in [9.17, 15) is 20.0 Å². The molecule has 0 saturated carbocycles. The third-order valence-electron chi connectivity index (χ3n) is 7.51. The van der Waals surface area contributed by atoms with Crippen molar-refractivity contribution >= 4 is 45.6 Å². The topological polar surface area (TPSA) is 171 Å². The molecule has 2 aromatic carbocycles. The molecule has 2 amide bonds. The van der Waals surface area contributed by atoms with Crippen molar-refractivity contribution in [2.75, 3.05) is 42.3 Å². The van der Waals surface area contributed by atoms with Crippen LogP contribution in [0, 0.1) is 11.3 Å². The molecule has 2 saturated heterocycles. The summed E-state index contributed by atoms with van der Waals surface area (Å²) < 4.78 is 11.7. The number of benzene rings is 2. The van der Waals surface area contributed by atoms with Gasteiger partial charge < -0.3 is 35.8 Å². The summed E-state index contributed by atoms with van der Waals surface area (Å²) in [6, 6.07) is 15.0. The third-order valence-corrected chi connectivity index (χ3v) is 7.51. The summed E-state index contributed by atoms with van der Waals surface area (Å²) in [5.74, 6) is 0.319. The van der Waals surface area contributed by atoms with Crippen LogP contribution in [-0.4, -0.2) is 59.3 Å². The molecule has 6 rings (SSSR count). The molecule has 1 unspecified atom stereocenters. The Balaban J connectivity index is 1.29. The fourth-order valence-electron chi connectivity index (χ4n) is 5.14. The van der Waals surface area contributed by atoms with E-state index in [-0.39, 0.29) is 29.2 Å². The highest BCUT2D eigenvalue weighted by molar-refractivity contribution is 6.06. The van der Waals surface area contributed by atoms with Crippen LogP contribution in [0.2, 0.25) is 0 Å². The molecule has 0 spiro atoms. The summed E-state index contributed by atoms with van der Waals surface area (Å²) in [5, 5.41) is 32.2. The maximum atomic E-state index is 13.1. The van der Waals surface area contributed by atoms with Crippen molar-refractivity contribution in [2.45, 2.75) is 25.4 Å². The van der Waals surface area contributed by atoms with Crippen LogP contribution in [-0.2, 0) is 9.53 Å². The van der Waals surface area contributed by atoms with Crippen molar-refractivity contribution in [3.8, 4) is 17.6 Å². The highest BCUT2D eigenvalue weighted by Crippen LogP contribution is 2.37. The number of anilines is 4. The number of pyridine rings is 2. The number of piperidine rings is 1. The number of hydrogen-bond acceptors (Lipinski definition) is 10. The minimum Gasteiger partial charge on any atom is -0.508 e. The van der Waals surface area contributed by atoms with E-state index in [2.05, 4.69) is 37.3 Å². The lowest BCUT2D eigenvalue weighted by Crippen LogP contribution is -2.24. The van der Waals surface area contributed by atoms with Crippen LogP contribution in [0.25, 0.3) is 10.9 Å². The van der Waals surface area contributed by atoms with E-state index in [0.717, 1.165) is 37.9 Å². The van der Waals surface area contributed by atoms with Gasteiger partial charge in [-0.15, -0.1) is 0 Å². The zero-order chi connectivity index (χ0) is 31.2. The standard InChI is InChI=1S/C33H31N7O5/c34-16-22-18-36-27-15-29(45-25-9-12-44-19-25)28(39-31(42)13-20-7-10-35-11-8-20)14-26(27)32(22)40-30-6-1-21(17-37-30)33(43)38-23-2-4-24(41)5-3-23/h1-6,13-15,17-18,25,35,41H,7-12,19H2,(H,38,43)(H,39,42)(H,36,37,40). The first-order valence-electron chi connectivity index (χ1n) is 14.6. The Morgan fingerprint density at radius 3 is 2.60 bits per heavy atom. The Kier molecular flexibility index (Phi) is 8.81. The van der Waals surface area contributed by atoms with Crippen LogP contribution >= 0.6 is 0 Å². The summed E-state index contributed by atoms with van der Waals surface area (Å²) in [5.41, 5.74) is 3.62. The number of nitriles is 1. The highest BCUT2D eigenvalue weighted by atomic mass is 16.5. The van der Waals surface area contributed by atoms with Crippen molar-refractivity contribution < 1.29 is 24.2 Å². The van der Waals surface area contributed by atoms with E-state index in [0.29, 0.717) is 58.3 Å². The lowest BCUT2D eigenvalue weighted by molar-refractivity contribution is -0.112. The molecule has 0 radical (unpaired) electrons. The Morgan fingerprint density at radius 2 is 1.89 bits per heavy atom. The fourth-order valence-corrected chi connectivity index (χ4v) is 5.14. The van der Waals surface area contributed by atoms with Crippen LogP contribution in [0.15, 0.2) is 72.6 Å². The van der Waals surface area contributed by atoms with Gasteiger partial charge in [0.05, 0.1) is 41.2 Å². The Morgan fingerprint density at radius 1 is 1.07 bits per heavy atom. The molecular weight excluding hydrogens is 574 g/mol. The molecule has 228 valence electrons. The third kappa shape index (κ3) is 7.18. The van der Waals surface area contributed by atoms with Gasteiger partial charge in [0.25, 0.3) is 5.91 Å². The number of carbonyl (C=O) groups is 2. The largest absolute Gasteiger partial charge is 0.508 e. The Bertz CT molecular complexity index is 1790. The maximum absolute atomic E-state index is 13.1. The van der Waals surface area contributed by atoms with Crippen molar-refractivity contribution in [3.05, 3.63) is 83.7 Å². The second-order valence-corrected chi connectivity index (χ2v) is 10.7. The average molecular weight is 606 g/mol. The summed E-state index contributed by atoms with van der Waals surface area (Å²) in [6.07, 6.45) is 6.70. The first-order chi connectivity index (χ1) is 21.9. The van der Waals surface area contributed by atoms with Crippen molar-refractivity contribution in [3.63, 3.8) is 0 Å². The summed E-state index contributed by atoms with van der Waals surface area (Å²) >= 11 is 0. The van der Waals surface area contributed by atoms with E-state index in [4.69, 9.17) is 9.47 Å². The van der Waals surface area contributed by atoms with Gasteiger partial charge in [-0.2, -0.15) is 5.26 Å². The number of amides is 2. The molecule has 2 aliphatic heterocycles. The monoisotopic (exact) mass is 605 g/mol. The van der Waals surface area contributed by atoms with E-state index in [1.807, 2.05) is 0 Å². The van der Waals surface area contributed by atoms with Crippen LogP contribution < -0.4 is 26.0 Å². The van der Waals surface area contributed by atoms with E-state index in [1.54, 1.807) is 42.5 Å². The Hall–Kier alpha value is -5.51. The van der Waals surface area contributed by atoms with Gasteiger partial charge in [0, 0.05) is 42.0 Å². The fraction of sp³-hybridized carbons (Fsp3) is 0.242. The normalized spacial score (nSPS) is 16.1. The van der Waals surface area contributed by atoms with Crippen LogP contribution in [0.1, 0.15) is 35.2 Å². The number of fused-ring (bicyclic) bond motifs is 1. The predicted molar refractivity (Wildman–Crippen MR) is 169 cm³/mol. The minimum atomic E-state index is -0.369. The lowest BCUT2D eigenvalue weighted by atomic mass is 10.0. The number of aromatic nitrogens is 2. The van der Waals surface area contributed by atoms with Crippen LogP contribution in [0.4, 0.5) is 22.9 Å². The number of hydrogen-bond donors (Lipinski definition) is 5. The van der Waals surface area contributed by atoms with E-state index >= 15 is 0 Å². The second kappa shape index (κ2) is 13.4. The molecule has 0 aliphatic carbocycles. The van der Waals surface area contributed by atoms with Gasteiger partial charge in [0.2, 0.25) is 5.91 Å². The highest BCUT2D eigenvalue weighted by Gasteiger charge is 2.22. The maximum Gasteiger partial charge on any atom is 0.257 e. The number of aromatic hydroxyl groups is 1. The average Bonchev–Trinajstić information content (AvgIpc) is 3.57. The SMILES string of the molecule is N#Cc1cnc2cc(OC3CCOC3)c(NC(=O)C=C3CCNCC3)cc2c1Nc1ccc(C(=O)Nc2ccc(O)cc2)cn1. The molecule has 0 bridgehead atoms. The molecule has 45 heavy (non-hydrogen) atoms. The smallest absolute Gasteiger partial charge is 0.257 e. The number of carbonyl (C=O) groups excluding carboxylic acids is 2. The Labute approximate surface area is 259 Å². The first kappa shape index (κ1) is 29.6. The molecule has 2 aromatic heterocycles. The van der Waals surface area contributed by atoms with Gasteiger partial charge in [-0.05, 0) is 68.4 Å². The summed E-state index contributed by atoms with van der Waals surface area (Å²) in [6.45, 7) is 2.72. The summed E-state index contributed by atoms with van der Waals surface area (Å²) in [7, 11) is 0. The molecule has 2 aliphatic rings. The van der Waals surface area contributed by atoms with Gasteiger partial charge in [0.1, 0.15) is 29.5 Å². The number of nitrogens with zero attached hydrogens (tertiary/aromatic N) is 3. The summed E-state index contributed by atoms with van der Waals surface area (Å²) in [4.78, 5) is 34.7. The van der Waals surface area contributed by atoms with Gasteiger partial charge in [-0.1, -0.05) is 5.57 Å². The zero-order valence-electron chi connectivity index (χ0n) is 24.3. The van der Waals surface area contributed by atoms with Crippen LogP contribution in [0.5, 0.6) is 11.5 Å². The lowest BCUT2D eigenvalue weighted by Gasteiger charge is -2.19. The number of phenols is 1. The van der Waals surface area contributed by atoms with Crippen molar-refractivity contribution in [2.24, 2.45) is 0 Å². The van der Waals surface area contributed by atoms with Crippen LogP contribution in [0.3, 0.4) is 0 Å². The van der Waals surface area contributed by atoms with Crippen molar-refractivity contribution in [1.82, 2.24) is 15.3 Å². The minimum absolute atomic E-state index is 0.0988. The van der Waals surface area contributed by atoms with Gasteiger partial charge >= 0.3 is 0 Å². The second-order valence-electron chi connectivity index (χ2n) is 10.7. The molecule has 5 N–H and O–H groups in total. The van der Waals surface area contributed by atoms with Gasteiger partial charge in [-0.25, -0.2) is 4.98 Å². The molecular formula is C33H31N7O5. The first-order valence-corrected chi connectivity index (χ1v) is 14.6. The van der Waals surface area contributed by atoms with E-state index in [1.165, 1.54) is 24.5 Å². The molecule has 2 fully saturated rings. The zero-order valence-corrected chi connectivity index (χ0v) is 24.3. The van der Waals surface area contributed by atoms with Gasteiger partial charge in [0.15, 0.2) is 0 Å². The quantitative estimate of drug-likeness (QED) is 0.141. The van der Waals surface area contributed by atoms with E-state index < -0.39 is 0 Å².